The van der Waals surface area contributed by atoms with Gasteiger partial charge in [-0.1, -0.05) is 0 Å². The normalized spacial score (nSPS) is 16.1. The summed E-state index contributed by atoms with van der Waals surface area (Å²) in [6.45, 7) is -2.80. The van der Waals surface area contributed by atoms with Gasteiger partial charge in [0.05, 0.1) is 6.61 Å². The van der Waals surface area contributed by atoms with Crippen LogP contribution in [0.3, 0.4) is 0 Å². The zero-order valence-corrected chi connectivity index (χ0v) is 15.1. The van der Waals surface area contributed by atoms with Crippen molar-refractivity contribution in [3.63, 3.8) is 0 Å². The van der Waals surface area contributed by atoms with Gasteiger partial charge in [-0.2, -0.15) is 74.6 Å². The van der Waals surface area contributed by atoms with Crippen LogP contribution in [0.25, 0.3) is 0 Å². The standard InChI is InChI=1S/C13H12F17NO/c1-31(4-5-32)3-2-6(14,15)7(16,17)8(18,19)9(20,21)10(22,23)11(24,25)12(26,27)13(28,29)30/h32H,2-5H2,1H3. The number of hydrogen-bond acceptors (Lipinski definition) is 2. The van der Waals surface area contributed by atoms with Crippen LogP contribution < -0.4 is 0 Å². The first kappa shape index (κ1) is 30.7. The highest BCUT2D eigenvalue weighted by Gasteiger charge is 2.95. The molecule has 0 aliphatic carbocycles. The molecule has 0 heterocycles. The van der Waals surface area contributed by atoms with E-state index in [0.29, 0.717) is 4.90 Å². The molecule has 0 bridgehead atoms. The van der Waals surface area contributed by atoms with Crippen molar-refractivity contribution >= 4 is 0 Å². The molecule has 2 nitrogen and oxygen atoms in total. The molecule has 0 aromatic rings. The first-order valence-electron chi connectivity index (χ1n) is 7.71. The Bertz CT molecular complexity index is 641. The van der Waals surface area contributed by atoms with Gasteiger partial charge in [0.15, 0.2) is 0 Å². The van der Waals surface area contributed by atoms with E-state index in [9.17, 15) is 74.6 Å². The summed E-state index contributed by atoms with van der Waals surface area (Å²) in [5.74, 6) is -56.2. The number of hydrogen-bond donors (Lipinski definition) is 1. The molecular formula is C13H12F17NO. The van der Waals surface area contributed by atoms with E-state index in [1.165, 1.54) is 0 Å². The van der Waals surface area contributed by atoms with Crippen molar-refractivity contribution in [2.24, 2.45) is 0 Å². The SMILES string of the molecule is CN(CCO)CCC(F)(F)C(F)(F)C(F)(F)C(F)(F)C(F)(F)C(F)(F)C(F)(F)C(F)(F)F. The topological polar surface area (TPSA) is 23.5 Å². The Balaban J connectivity index is 6.41. The van der Waals surface area contributed by atoms with Gasteiger partial charge in [-0.15, -0.1) is 0 Å². The molecule has 0 aromatic carbocycles. The number of nitrogens with zero attached hydrogens (tertiary/aromatic N) is 1. The number of aliphatic hydroxyl groups excluding tert-OH is 1. The fourth-order valence-corrected chi connectivity index (χ4v) is 1.97. The van der Waals surface area contributed by atoms with E-state index in [2.05, 4.69) is 0 Å². The molecular weight excluding hydrogens is 509 g/mol. The maximum Gasteiger partial charge on any atom is 0.460 e. The fourth-order valence-electron chi connectivity index (χ4n) is 1.97. The lowest BCUT2D eigenvalue weighted by Gasteiger charge is -2.43. The van der Waals surface area contributed by atoms with Crippen LogP contribution in [0.15, 0.2) is 0 Å². The second-order valence-corrected chi connectivity index (χ2v) is 6.43. The highest BCUT2D eigenvalue weighted by atomic mass is 19.4. The summed E-state index contributed by atoms with van der Waals surface area (Å²) >= 11 is 0. The van der Waals surface area contributed by atoms with Crippen molar-refractivity contribution in [2.45, 2.75) is 54.1 Å². The van der Waals surface area contributed by atoms with Gasteiger partial charge in [0.2, 0.25) is 0 Å². The van der Waals surface area contributed by atoms with Gasteiger partial charge in [0.1, 0.15) is 0 Å². The Morgan fingerprint density at radius 1 is 0.500 bits per heavy atom. The van der Waals surface area contributed by atoms with E-state index in [4.69, 9.17) is 5.11 Å². The fraction of sp³-hybridized carbons (Fsp3) is 1.00. The first-order chi connectivity index (χ1) is 13.7. The molecule has 194 valence electrons. The van der Waals surface area contributed by atoms with Gasteiger partial charge >= 0.3 is 47.6 Å². The van der Waals surface area contributed by atoms with Crippen LogP contribution in [-0.2, 0) is 0 Å². The Kier molecular flexibility index (Phi) is 8.16. The van der Waals surface area contributed by atoms with Crippen LogP contribution in [0.5, 0.6) is 0 Å². The summed E-state index contributed by atoms with van der Waals surface area (Å²) in [5, 5.41) is 8.46. The third-order valence-electron chi connectivity index (χ3n) is 4.08. The maximum atomic E-state index is 13.5. The average molecular weight is 521 g/mol. The molecule has 0 unspecified atom stereocenters. The Labute approximate surface area is 166 Å². The van der Waals surface area contributed by atoms with Crippen molar-refractivity contribution in [1.29, 1.82) is 0 Å². The van der Waals surface area contributed by atoms with Gasteiger partial charge in [0, 0.05) is 19.5 Å². The molecule has 0 aliphatic rings. The summed E-state index contributed by atoms with van der Waals surface area (Å²) in [4.78, 5) is 0.521. The second kappa shape index (κ2) is 8.50. The molecule has 0 fully saturated rings. The van der Waals surface area contributed by atoms with E-state index in [1.807, 2.05) is 0 Å². The summed E-state index contributed by atoms with van der Waals surface area (Å²) in [7, 11) is 0.797. The highest BCUT2D eigenvalue weighted by Crippen LogP contribution is 2.64. The first-order valence-corrected chi connectivity index (χ1v) is 7.71. The number of aliphatic hydroxyl groups is 1. The predicted molar refractivity (Wildman–Crippen MR) is 69.9 cm³/mol. The van der Waals surface area contributed by atoms with Gasteiger partial charge in [-0.3, -0.25) is 0 Å². The third-order valence-corrected chi connectivity index (χ3v) is 4.08. The van der Waals surface area contributed by atoms with Gasteiger partial charge in [0.25, 0.3) is 0 Å². The van der Waals surface area contributed by atoms with Crippen molar-refractivity contribution in [3.05, 3.63) is 0 Å². The van der Waals surface area contributed by atoms with Crippen LogP contribution in [0, 0.1) is 0 Å². The number of alkyl halides is 17. The summed E-state index contributed by atoms with van der Waals surface area (Å²) in [5.41, 5.74) is 0. The average Bonchev–Trinajstić information content (AvgIpc) is 2.58. The molecule has 0 saturated carbocycles. The number of rotatable bonds is 11. The monoisotopic (exact) mass is 521 g/mol. The number of halogens is 17. The molecule has 19 heteroatoms. The highest BCUT2D eigenvalue weighted by molar-refractivity contribution is 5.15. The van der Waals surface area contributed by atoms with Gasteiger partial charge < -0.3 is 10.0 Å². The summed E-state index contributed by atoms with van der Waals surface area (Å²) in [6.07, 6.45) is -10.3. The lowest BCUT2D eigenvalue weighted by atomic mass is 9.88. The molecule has 0 saturated heterocycles. The molecule has 1 N–H and O–H groups in total. The van der Waals surface area contributed by atoms with E-state index >= 15 is 0 Å². The molecule has 0 spiro atoms. The van der Waals surface area contributed by atoms with Crippen molar-refractivity contribution < 1.29 is 79.7 Å². The molecule has 0 aliphatic heterocycles. The minimum atomic E-state index is -8.62. The minimum absolute atomic E-state index is 0.521. The summed E-state index contributed by atoms with van der Waals surface area (Å²) < 4.78 is 221. The molecule has 0 radical (unpaired) electrons. The van der Waals surface area contributed by atoms with Crippen LogP contribution >= 0.6 is 0 Å². The molecule has 0 amide bonds. The van der Waals surface area contributed by atoms with Gasteiger partial charge in [-0.25, -0.2) is 0 Å². The quantitative estimate of drug-likeness (QED) is 0.373. The summed E-state index contributed by atoms with van der Waals surface area (Å²) in [6, 6.07) is 0. The Morgan fingerprint density at radius 2 is 0.812 bits per heavy atom. The Morgan fingerprint density at radius 3 is 1.12 bits per heavy atom. The smallest absolute Gasteiger partial charge is 0.395 e. The van der Waals surface area contributed by atoms with E-state index in [-0.39, 0.29) is 0 Å². The van der Waals surface area contributed by atoms with Crippen molar-refractivity contribution in [2.75, 3.05) is 26.7 Å². The molecule has 0 rings (SSSR count). The molecule has 32 heavy (non-hydrogen) atoms. The van der Waals surface area contributed by atoms with Crippen molar-refractivity contribution in [3.8, 4) is 0 Å². The van der Waals surface area contributed by atoms with Crippen LogP contribution in [0.2, 0.25) is 0 Å². The van der Waals surface area contributed by atoms with Gasteiger partial charge in [-0.05, 0) is 7.05 Å². The molecule has 0 aromatic heterocycles. The van der Waals surface area contributed by atoms with Crippen LogP contribution in [0.1, 0.15) is 6.42 Å². The molecule has 0 atom stereocenters. The maximum absolute atomic E-state index is 13.5. The van der Waals surface area contributed by atoms with E-state index in [1.54, 1.807) is 0 Å². The zero-order valence-electron chi connectivity index (χ0n) is 15.1. The third kappa shape index (κ3) is 4.42. The largest absolute Gasteiger partial charge is 0.460 e. The number of likely N-dealkylation sites (N-methyl/N-ethyl adjacent to an activating group) is 1. The zero-order chi connectivity index (χ0) is 26.4. The lowest BCUT2D eigenvalue weighted by Crippen LogP contribution is -2.74. The van der Waals surface area contributed by atoms with E-state index < -0.39 is 73.8 Å². The van der Waals surface area contributed by atoms with Crippen LogP contribution in [0.4, 0.5) is 74.6 Å². The second-order valence-electron chi connectivity index (χ2n) is 6.43. The van der Waals surface area contributed by atoms with E-state index in [0.717, 1.165) is 7.05 Å². The lowest BCUT2D eigenvalue weighted by molar-refractivity contribution is -0.461. The Hall–Kier alpha value is -1.27. The van der Waals surface area contributed by atoms with Crippen molar-refractivity contribution in [1.82, 2.24) is 4.90 Å². The van der Waals surface area contributed by atoms with Crippen LogP contribution in [-0.4, -0.2) is 84.4 Å². The minimum Gasteiger partial charge on any atom is -0.395 e. The predicted octanol–water partition coefficient (Wildman–Crippen LogP) is 5.31.